The van der Waals surface area contributed by atoms with E-state index in [2.05, 4.69) is 15.3 Å². The van der Waals surface area contributed by atoms with Gasteiger partial charge in [0.1, 0.15) is 5.65 Å². The monoisotopic (exact) mass is 358 g/mol. The van der Waals surface area contributed by atoms with Crippen molar-refractivity contribution in [2.75, 3.05) is 6.54 Å². The van der Waals surface area contributed by atoms with Crippen LogP contribution in [0, 0.1) is 0 Å². The van der Waals surface area contributed by atoms with Gasteiger partial charge >= 0.3 is 5.69 Å². The summed E-state index contributed by atoms with van der Waals surface area (Å²) in [5.74, 6) is -0.462. The first-order valence-electron chi connectivity index (χ1n) is 7.44. The molecule has 25 heavy (non-hydrogen) atoms. The Hall–Kier alpha value is -3.07. The summed E-state index contributed by atoms with van der Waals surface area (Å²) in [5, 5.41) is 2.94. The van der Waals surface area contributed by atoms with E-state index < -0.39 is 11.2 Å². The van der Waals surface area contributed by atoms with Gasteiger partial charge in [0.15, 0.2) is 5.78 Å². The average molecular weight is 358 g/mol. The average Bonchev–Trinajstić information content (AvgIpc) is 3.08. The number of ketones is 1. The van der Waals surface area contributed by atoms with Crippen LogP contribution in [0.3, 0.4) is 0 Å². The second-order valence-corrected chi connectivity index (χ2v) is 6.35. The molecular weight excluding hydrogens is 344 g/mol. The number of Topliss-reactive ketones (excluding diaryl/α,β-unsaturated/α-hetero) is 1. The van der Waals surface area contributed by atoms with E-state index in [1.165, 1.54) is 13.1 Å². The Morgan fingerprint density at radius 1 is 1.24 bits per heavy atom. The van der Waals surface area contributed by atoms with Crippen molar-refractivity contribution in [2.24, 2.45) is 0 Å². The Morgan fingerprint density at radius 3 is 2.72 bits per heavy atom. The molecule has 0 aliphatic rings. The van der Waals surface area contributed by atoms with Gasteiger partial charge in [0.05, 0.1) is 15.1 Å². The molecule has 0 unspecified atom stereocenters. The minimum atomic E-state index is -0.583. The molecule has 0 aliphatic heterocycles. The molecule has 3 heterocycles. The lowest BCUT2D eigenvalue weighted by atomic mass is 10.3. The van der Waals surface area contributed by atoms with E-state index in [0.717, 1.165) is 15.9 Å². The van der Waals surface area contributed by atoms with Crippen molar-refractivity contribution in [3.05, 3.63) is 61.1 Å². The summed E-state index contributed by atoms with van der Waals surface area (Å²) in [6.07, 6.45) is 1.48. The quantitative estimate of drug-likeness (QED) is 0.654. The number of carbonyl (C=O) groups excluding carboxylic acids is 2. The molecule has 8 nitrogen and oxygen atoms in total. The van der Waals surface area contributed by atoms with E-state index >= 15 is 0 Å². The molecule has 2 N–H and O–H groups in total. The van der Waals surface area contributed by atoms with Crippen LogP contribution in [-0.2, 0) is 6.54 Å². The summed E-state index contributed by atoms with van der Waals surface area (Å²) >= 11 is 1.10. The fraction of sp³-hybridized carbons (Fsp3) is 0.188. The highest BCUT2D eigenvalue weighted by Crippen LogP contribution is 2.16. The highest BCUT2D eigenvalue weighted by Gasteiger charge is 2.12. The molecule has 0 bridgehead atoms. The van der Waals surface area contributed by atoms with Gasteiger partial charge in [0, 0.05) is 19.3 Å². The third-order valence-electron chi connectivity index (χ3n) is 3.55. The number of pyridine rings is 1. The Bertz CT molecular complexity index is 1080. The van der Waals surface area contributed by atoms with Crippen LogP contribution in [0.5, 0.6) is 0 Å². The Labute approximate surface area is 145 Å². The van der Waals surface area contributed by atoms with Crippen molar-refractivity contribution in [1.82, 2.24) is 19.9 Å². The standard InChI is InChI=1S/C16H14N4O4S/c1-9(21)11-4-5-12(25-11)14(22)18-7-8-20-15(23)10-3-2-6-17-13(10)19-16(20)24/h2-6H,7-8H2,1H3,(H,18,22)(H,17,19,24). The molecule has 0 saturated carbocycles. The highest BCUT2D eigenvalue weighted by molar-refractivity contribution is 7.15. The number of aromatic amines is 1. The lowest BCUT2D eigenvalue weighted by Gasteiger charge is -2.07. The molecule has 0 spiro atoms. The number of hydrogen-bond acceptors (Lipinski definition) is 6. The van der Waals surface area contributed by atoms with Gasteiger partial charge in [-0.25, -0.2) is 9.78 Å². The van der Waals surface area contributed by atoms with Gasteiger partial charge in [-0.2, -0.15) is 0 Å². The summed E-state index contributed by atoms with van der Waals surface area (Å²) in [5.41, 5.74) is -0.815. The van der Waals surface area contributed by atoms with Crippen molar-refractivity contribution in [1.29, 1.82) is 0 Å². The third-order valence-corrected chi connectivity index (χ3v) is 4.74. The van der Waals surface area contributed by atoms with Crippen LogP contribution in [0.2, 0.25) is 0 Å². The van der Waals surface area contributed by atoms with Crippen LogP contribution in [0.25, 0.3) is 11.0 Å². The predicted molar refractivity (Wildman–Crippen MR) is 93.3 cm³/mol. The zero-order valence-corrected chi connectivity index (χ0v) is 14.1. The predicted octanol–water partition coefficient (Wildman–Crippen LogP) is 0.779. The van der Waals surface area contributed by atoms with Crippen LogP contribution < -0.4 is 16.6 Å². The van der Waals surface area contributed by atoms with Gasteiger partial charge in [-0.05, 0) is 31.2 Å². The number of H-pyrrole nitrogens is 1. The van der Waals surface area contributed by atoms with Gasteiger partial charge in [-0.15, -0.1) is 11.3 Å². The minimum Gasteiger partial charge on any atom is -0.350 e. The van der Waals surface area contributed by atoms with E-state index in [-0.39, 0.29) is 30.4 Å². The summed E-state index contributed by atoms with van der Waals surface area (Å²) in [6.45, 7) is 1.55. The first kappa shape index (κ1) is 16.8. The van der Waals surface area contributed by atoms with E-state index in [1.807, 2.05) is 0 Å². The maximum absolute atomic E-state index is 12.3. The first-order valence-corrected chi connectivity index (χ1v) is 8.26. The van der Waals surface area contributed by atoms with Gasteiger partial charge in [0.2, 0.25) is 0 Å². The lowest BCUT2D eigenvalue weighted by Crippen LogP contribution is -2.39. The van der Waals surface area contributed by atoms with Gasteiger partial charge in [-0.3, -0.25) is 23.9 Å². The van der Waals surface area contributed by atoms with Gasteiger partial charge in [-0.1, -0.05) is 0 Å². The smallest absolute Gasteiger partial charge is 0.330 e. The molecule has 0 saturated heterocycles. The normalized spacial score (nSPS) is 10.8. The Morgan fingerprint density at radius 2 is 2.00 bits per heavy atom. The number of nitrogens with one attached hydrogen (secondary N) is 2. The maximum Gasteiger partial charge on any atom is 0.330 e. The topological polar surface area (TPSA) is 114 Å². The van der Waals surface area contributed by atoms with E-state index in [0.29, 0.717) is 15.1 Å². The first-order chi connectivity index (χ1) is 12.0. The second kappa shape index (κ2) is 6.81. The van der Waals surface area contributed by atoms with E-state index in [9.17, 15) is 19.2 Å². The molecule has 3 aromatic heterocycles. The van der Waals surface area contributed by atoms with Crippen LogP contribution in [0.4, 0.5) is 0 Å². The minimum absolute atomic E-state index is 0.0235. The summed E-state index contributed by atoms with van der Waals surface area (Å²) in [7, 11) is 0. The molecule has 0 radical (unpaired) electrons. The van der Waals surface area contributed by atoms with Crippen molar-refractivity contribution in [2.45, 2.75) is 13.5 Å². The maximum atomic E-state index is 12.3. The summed E-state index contributed by atoms with van der Waals surface area (Å²) < 4.78 is 1.01. The molecule has 3 aromatic rings. The number of thiophene rings is 1. The van der Waals surface area contributed by atoms with Crippen LogP contribution in [0.1, 0.15) is 26.3 Å². The fourth-order valence-electron chi connectivity index (χ4n) is 2.30. The number of nitrogens with zero attached hydrogens (tertiary/aromatic N) is 2. The van der Waals surface area contributed by atoms with Crippen molar-refractivity contribution in [3.8, 4) is 0 Å². The van der Waals surface area contributed by atoms with Crippen LogP contribution in [0.15, 0.2) is 40.1 Å². The van der Waals surface area contributed by atoms with Crippen molar-refractivity contribution < 1.29 is 9.59 Å². The number of rotatable bonds is 5. The zero-order chi connectivity index (χ0) is 18.0. The highest BCUT2D eigenvalue weighted by atomic mass is 32.1. The van der Waals surface area contributed by atoms with E-state index in [4.69, 9.17) is 0 Å². The molecular formula is C16H14N4O4S. The van der Waals surface area contributed by atoms with Crippen LogP contribution >= 0.6 is 11.3 Å². The second-order valence-electron chi connectivity index (χ2n) is 5.26. The van der Waals surface area contributed by atoms with Crippen LogP contribution in [-0.4, -0.2) is 32.8 Å². The molecule has 3 rings (SSSR count). The van der Waals surface area contributed by atoms with Gasteiger partial charge < -0.3 is 5.32 Å². The molecule has 0 aromatic carbocycles. The number of aromatic nitrogens is 3. The molecule has 128 valence electrons. The van der Waals surface area contributed by atoms with Gasteiger partial charge in [0.25, 0.3) is 11.5 Å². The molecule has 1 amide bonds. The Kier molecular flexibility index (Phi) is 4.57. The molecule has 0 atom stereocenters. The Balaban J connectivity index is 1.72. The third kappa shape index (κ3) is 3.41. The number of amides is 1. The zero-order valence-electron chi connectivity index (χ0n) is 13.2. The number of hydrogen-bond donors (Lipinski definition) is 2. The number of carbonyl (C=O) groups is 2. The fourth-order valence-corrected chi connectivity index (χ4v) is 3.12. The number of fused-ring (bicyclic) bond motifs is 1. The molecule has 0 fully saturated rings. The molecule has 9 heteroatoms. The lowest BCUT2D eigenvalue weighted by molar-refractivity contribution is 0.0955. The molecule has 0 aliphatic carbocycles. The summed E-state index contributed by atoms with van der Waals surface area (Å²) in [6, 6.07) is 6.34. The van der Waals surface area contributed by atoms with E-state index in [1.54, 1.807) is 24.3 Å². The van der Waals surface area contributed by atoms with Crippen molar-refractivity contribution >= 4 is 34.1 Å². The van der Waals surface area contributed by atoms with Crippen molar-refractivity contribution in [3.63, 3.8) is 0 Å². The SMILES string of the molecule is CC(=O)c1ccc(C(=O)NCCn2c(=O)[nH]c3ncccc3c2=O)s1. The summed E-state index contributed by atoms with van der Waals surface area (Å²) in [4.78, 5) is 55.0. The largest absolute Gasteiger partial charge is 0.350 e.